The highest BCUT2D eigenvalue weighted by atomic mass is 16.2. The van der Waals surface area contributed by atoms with Gasteiger partial charge in [0.15, 0.2) is 5.82 Å². The quantitative estimate of drug-likeness (QED) is 0.744. The molecule has 1 aliphatic rings. The molecule has 88 valence electrons. The summed E-state index contributed by atoms with van der Waals surface area (Å²) in [5, 5.41) is 2.85. The van der Waals surface area contributed by atoms with Crippen LogP contribution in [0.5, 0.6) is 0 Å². The van der Waals surface area contributed by atoms with Crippen LogP contribution in [0.4, 0.5) is 10.6 Å². The number of terminal acetylenes is 1. The van der Waals surface area contributed by atoms with Crippen LogP contribution in [0.3, 0.4) is 0 Å². The topological polar surface area (TPSA) is 45.2 Å². The van der Waals surface area contributed by atoms with E-state index in [1.807, 2.05) is 0 Å². The minimum Gasteiger partial charge on any atom is -0.337 e. The molecule has 0 aromatic carbocycles. The molecule has 0 atom stereocenters. The monoisotopic (exact) mass is 229 g/mol. The third-order valence-corrected chi connectivity index (χ3v) is 2.75. The number of nitrogens with zero attached hydrogens (tertiary/aromatic N) is 2. The van der Waals surface area contributed by atoms with Crippen molar-refractivity contribution in [1.29, 1.82) is 0 Å². The van der Waals surface area contributed by atoms with Gasteiger partial charge in [0.05, 0.1) is 5.56 Å². The standard InChI is InChI=1S/C13H15N3O/c1-4-10-6-5-7-14-11(10)16-9-13(2,3)8-15-12(16)17/h1,5-7H,8-9H2,2-3H3,(H,15,17). The van der Waals surface area contributed by atoms with E-state index in [4.69, 9.17) is 6.42 Å². The number of anilines is 1. The minimum absolute atomic E-state index is 0.0112. The van der Waals surface area contributed by atoms with Crippen LogP contribution < -0.4 is 10.2 Å². The Kier molecular flexibility index (Phi) is 2.76. The fourth-order valence-electron chi connectivity index (χ4n) is 1.86. The summed E-state index contributed by atoms with van der Waals surface area (Å²) >= 11 is 0. The summed E-state index contributed by atoms with van der Waals surface area (Å²) < 4.78 is 0. The highest BCUT2D eigenvalue weighted by Crippen LogP contribution is 2.25. The smallest absolute Gasteiger partial charge is 0.323 e. The van der Waals surface area contributed by atoms with Gasteiger partial charge in [-0.1, -0.05) is 19.8 Å². The number of carbonyl (C=O) groups is 1. The van der Waals surface area contributed by atoms with Gasteiger partial charge in [-0.15, -0.1) is 6.42 Å². The van der Waals surface area contributed by atoms with Crippen molar-refractivity contribution < 1.29 is 4.79 Å². The molecule has 1 fully saturated rings. The fourth-order valence-corrected chi connectivity index (χ4v) is 1.86. The van der Waals surface area contributed by atoms with Crippen molar-refractivity contribution in [1.82, 2.24) is 10.3 Å². The summed E-state index contributed by atoms with van der Waals surface area (Å²) in [4.78, 5) is 17.7. The molecule has 2 rings (SSSR count). The Morgan fingerprint density at radius 3 is 3.06 bits per heavy atom. The molecule has 0 unspecified atom stereocenters. The lowest BCUT2D eigenvalue weighted by atomic mass is 9.91. The molecule has 17 heavy (non-hydrogen) atoms. The summed E-state index contributed by atoms with van der Waals surface area (Å²) in [6.45, 7) is 5.47. The number of aromatic nitrogens is 1. The predicted octanol–water partition coefficient (Wildman–Crippen LogP) is 1.62. The van der Waals surface area contributed by atoms with E-state index in [0.29, 0.717) is 24.5 Å². The molecule has 1 aromatic rings. The Hall–Kier alpha value is -2.02. The number of carbonyl (C=O) groups excluding carboxylic acids is 1. The van der Waals surface area contributed by atoms with Crippen LogP contribution in [0, 0.1) is 17.8 Å². The van der Waals surface area contributed by atoms with Crippen LogP contribution in [0.25, 0.3) is 0 Å². The molecule has 0 aliphatic carbocycles. The van der Waals surface area contributed by atoms with Gasteiger partial charge in [-0.2, -0.15) is 0 Å². The SMILES string of the molecule is C#Cc1cccnc1N1CC(C)(C)CNC1=O. The zero-order valence-corrected chi connectivity index (χ0v) is 10.0. The summed E-state index contributed by atoms with van der Waals surface area (Å²) in [6.07, 6.45) is 7.07. The van der Waals surface area contributed by atoms with Crippen molar-refractivity contribution in [3.8, 4) is 12.3 Å². The Bertz CT molecular complexity index is 488. The third kappa shape index (κ3) is 2.23. The lowest BCUT2D eigenvalue weighted by molar-refractivity contribution is 0.223. The van der Waals surface area contributed by atoms with Gasteiger partial charge in [0, 0.05) is 24.7 Å². The zero-order chi connectivity index (χ0) is 12.5. The van der Waals surface area contributed by atoms with E-state index in [1.165, 1.54) is 0 Å². The summed E-state index contributed by atoms with van der Waals surface area (Å²) in [5.74, 6) is 3.11. The average Bonchev–Trinajstić information content (AvgIpc) is 2.32. The maximum absolute atomic E-state index is 11.9. The highest BCUT2D eigenvalue weighted by molar-refractivity contribution is 5.93. The number of rotatable bonds is 1. The van der Waals surface area contributed by atoms with Gasteiger partial charge in [-0.3, -0.25) is 4.90 Å². The summed E-state index contributed by atoms with van der Waals surface area (Å²) in [7, 11) is 0. The molecule has 4 heteroatoms. The second-order valence-corrected chi connectivity index (χ2v) is 4.93. The normalized spacial score (nSPS) is 18.4. The van der Waals surface area contributed by atoms with Crippen molar-refractivity contribution in [3.05, 3.63) is 23.9 Å². The van der Waals surface area contributed by atoms with E-state index in [2.05, 4.69) is 30.1 Å². The highest BCUT2D eigenvalue weighted by Gasteiger charge is 2.33. The van der Waals surface area contributed by atoms with Crippen LogP contribution in [0.2, 0.25) is 0 Å². The van der Waals surface area contributed by atoms with E-state index >= 15 is 0 Å². The first-order chi connectivity index (χ1) is 8.03. The average molecular weight is 229 g/mol. The van der Waals surface area contributed by atoms with Gasteiger partial charge in [0.2, 0.25) is 0 Å². The molecular weight excluding hydrogens is 214 g/mol. The first kappa shape index (κ1) is 11.5. The van der Waals surface area contributed by atoms with Crippen molar-refractivity contribution >= 4 is 11.8 Å². The maximum Gasteiger partial charge on any atom is 0.323 e. The largest absolute Gasteiger partial charge is 0.337 e. The van der Waals surface area contributed by atoms with E-state index in [1.54, 1.807) is 23.2 Å². The number of nitrogens with one attached hydrogen (secondary N) is 1. The fraction of sp³-hybridized carbons (Fsp3) is 0.385. The van der Waals surface area contributed by atoms with Crippen LogP contribution in [0.15, 0.2) is 18.3 Å². The molecule has 0 saturated carbocycles. The predicted molar refractivity (Wildman–Crippen MR) is 66.7 cm³/mol. The van der Waals surface area contributed by atoms with Gasteiger partial charge < -0.3 is 5.32 Å². The van der Waals surface area contributed by atoms with Crippen LogP contribution in [-0.4, -0.2) is 24.1 Å². The molecule has 4 nitrogen and oxygen atoms in total. The third-order valence-electron chi connectivity index (χ3n) is 2.75. The van der Waals surface area contributed by atoms with E-state index in [0.717, 1.165) is 0 Å². The number of hydrogen-bond acceptors (Lipinski definition) is 2. The molecule has 1 aromatic heterocycles. The second kappa shape index (κ2) is 4.10. The van der Waals surface area contributed by atoms with Gasteiger partial charge >= 0.3 is 6.03 Å². The van der Waals surface area contributed by atoms with Gasteiger partial charge in [0.25, 0.3) is 0 Å². The van der Waals surface area contributed by atoms with Gasteiger partial charge in [-0.05, 0) is 12.1 Å². The number of urea groups is 1. The maximum atomic E-state index is 11.9. The molecule has 0 spiro atoms. The molecule has 1 aliphatic heterocycles. The number of amides is 2. The van der Waals surface area contributed by atoms with E-state index in [-0.39, 0.29) is 11.4 Å². The Morgan fingerprint density at radius 1 is 1.59 bits per heavy atom. The van der Waals surface area contributed by atoms with Crippen LogP contribution in [0.1, 0.15) is 19.4 Å². The minimum atomic E-state index is -0.139. The molecule has 2 amide bonds. The summed E-state index contributed by atoms with van der Waals surface area (Å²) in [6, 6.07) is 3.42. The second-order valence-electron chi connectivity index (χ2n) is 4.93. The van der Waals surface area contributed by atoms with Crippen LogP contribution >= 0.6 is 0 Å². The van der Waals surface area contributed by atoms with E-state index in [9.17, 15) is 4.79 Å². The van der Waals surface area contributed by atoms with Crippen molar-refractivity contribution in [2.45, 2.75) is 13.8 Å². The first-order valence-corrected chi connectivity index (χ1v) is 5.50. The van der Waals surface area contributed by atoms with E-state index < -0.39 is 0 Å². The molecule has 0 radical (unpaired) electrons. The first-order valence-electron chi connectivity index (χ1n) is 5.50. The molecule has 0 bridgehead atoms. The Balaban J connectivity index is 2.38. The zero-order valence-electron chi connectivity index (χ0n) is 10.0. The Labute approximate surface area is 101 Å². The summed E-state index contributed by atoms with van der Waals surface area (Å²) in [5.41, 5.74) is 0.650. The van der Waals surface area contributed by atoms with Gasteiger partial charge in [-0.25, -0.2) is 9.78 Å². The lowest BCUT2D eigenvalue weighted by Gasteiger charge is -2.37. The number of hydrogen-bond donors (Lipinski definition) is 1. The Morgan fingerprint density at radius 2 is 2.35 bits per heavy atom. The van der Waals surface area contributed by atoms with Gasteiger partial charge in [0.1, 0.15) is 0 Å². The molecule has 1 N–H and O–H groups in total. The number of pyridine rings is 1. The van der Waals surface area contributed by atoms with Crippen molar-refractivity contribution in [2.75, 3.05) is 18.0 Å². The molecule has 1 saturated heterocycles. The molecule has 2 heterocycles. The molecular formula is C13H15N3O. The van der Waals surface area contributed by atoms with Crippen molar-refractivity contribution in [3.63, 3.8) is 0 Å². The van der Waals surface area contributed by atoms with Crippen molar-refractivity contribution in [2.24, 2.45) is 5.41 Å². The lowest BCUT2D eigenvalue weighted by Crippen LogP contribution is -2.55. The van der Waals surface area contributed by atoms with Crippen LogP contribution in [-0.2, 0) is 0 Å².